The summed E-state index contributed by atoms with van der Waals surface area (Å²) in [6.45, 7) is 1.61. The largest absolute Gasteiger partial charge is 0.283 e. The number of piperidine rings is 1. The third kappa shape index (κ3) is 2.57. The number of aliphatic imine (C=N–C) groups is 1. The zero-order chi connectivity index (χ0) is 12.3. The predicted molar refractivity (Wildman–Crippen MR) is 62.2 cm³/mol. The zero-order valence-electron chi connectivity index (χ0n) is 9.71. The highest BCUT2D eigenvalue weighted by atomic mass is 32.2. The monoisotopic (exact) mass is 259 g/mol. The summed E-state index contributed by atoms with van der Waals surface area (Å²) in [5, 5.41) is 0. The van der Waals surface area contributed by atoms with Crippen molar-refractivity contribution < 1.29 is 13.2 Å². The Bertz CT molecular complexity index is 411. The van der Waals surface area contributed by atoms with Gasteiger partial charge in [0, 0.05) is 19.6 Å². The van der Waals surface area contributed by atoms with Crippen molar-refractivity contribution in [3.8, 4) is 0 Å². The molecule has 2 aliphatic rings. The zero-order valence-corrected chi connectivity index (χ0v) is 10.5. The number of hydrogen-bond acceptors (Lipinski definition) is 4. The Morgan fingerprint density at radius 1 is 1.06 bits per heavy atom. The van der Waals surface area contributed by atoms with Gasteiger partial charge in [-0.2, -0.15) is 22.0 Å². The summed E-state index contributed by atoms with van der Waals surface area (Å²) in [5.41, 5.74) is 0. The van der Waals surface area contributed by atoms with E-state index in [9.17, 15) is 13.2 Å². The Morgan fingerprint density at radius 3 is 2.35 bits per heavy atom. The number of carbonyl (C=O) groups excluding carboxylic acids is 1. The highest BCUT2D eigenvalue weighted by Crippen LogP contribution is 2.25. The lowest BCUT2D eigenvalue weighted by atomic mass is 10.1. The second kappa shape index (κ2) is 5.27. The Hall–Kier alpha value is -0.750. The Kier molecular flexibility index (Phi) is 3.93. The van der Waals surface area contributed by atoms with Gasteiger partial charge in [-0.25, -0.2) is 4.79 Å². The summed E-state index contributed by atoms with van der Waals surface area (Å²) in [6.07, 6.45) is 5.10. The van der Waals surface area contributed by atoms with Crippen LogP contribution in [0.4, 0.5) is 0 Å². The average Bonchev–Trinajstić information content (AvgIpc) is 2.84. The van der Waals surface area contributed by atoms with Crippen LogP contribution in [-0.2, 0) is 15.0 Å². The van der Waals surface area contributed by atoms with Gasteiger partial charge in [0.1, 0.15) is 6.17 Å². The number of nitrogens with zero attached hydrogens (tertiary/aromatic N) is 3. The molecule has 2 fully saturated rings. The molecule has 0 radical (unpaired) electrons. The van der Waals surface area contributed by atoms with Gasteiger partial charge in [0.25, 0.3) is 10.2 Å². The molecule has 0 spiro atoms. The molecule has 0 aromatic rings. The molecule has 2 heterocycles. The molecule has 2 rings (SSSR count). The van der Waals surface area contributed by atoms with Crippen molar-refractivity contribution in [1.29, 1.82) is 0 Å². The third-order valence-electron chi connectivity index (χ3n) is 3.31. The summed E-state index contributed by atoms with van der Waals surface area (Å²) in [5.74, 6) is 0. The Balaban J connectivity index is 2.20. The lowest BCUT2D eigenvalue weighted by molar-refractivity contribution is 0.242. The van der Waals surface area contributed by atoms with Crippen molar-refractivity contribution in [3.05, 3.63) is 0 Å². The highest BCUT2D eigenvalue weighted by Gasteiger charge is 2.37. The van der Waals surface area contributed by atoms with Gasteiger partial charge in [-0.05, 0) is 32.1 Å². The first kappa shape index (κ1) is 12.7. The van der Waals surface area contributed by atoms with E-state index in [1.807, 2.05) is 0 Å². The van der Waals surface area contributed by atoms with E-state index in [1.165, 1.54) is 14.7 Å². The molecule has 6 nitrogen and oxygen atoms in total. The molecule has 1 unspecified atom stereocenters. The fourth-order valence-electron chi connectivity index (χ4n) is 2.41. The van der Waals surface area contributed by atoms with Crippen LogP contribution in [-0.4, -0.2) is 48.9 Å². The van der Waals surface area contributed by atoms with Crippen molar-refractivity contribution in [2.45, 2.75) is 38.3 Å². The van der Waals surface area contributed by atoms with E-state index in [1.54, 1.807) is 0 Å². The van der Waals surface area contributed by atoms with Crippen molar-refractivity contribution >= 4 is 16.3 Å². The van der Waals surface area contributed by atoms with Gasteiger partial charge >= 0.3 is 0 Å². The Morgan fingerprint density at radius 2 is 1.71 bits per heavy atom. The standard InChI is InChI=1S/C10H17N3O3S/c14-9-11-10-5-1-2-8-13(10)17(15,16)12-6-3-4-7-12/h10H,1-8H2. The number of isocyanates is 1. The van der Waals surface area contributed by atoms with Crippen LogP contribution < -0.4 is 0 Å². The molecule has 0 aromatic heterocycles. The molecule has 1 atom stereocenters. The SMILES string of the molecule is O=C=NC1CCCCN1S(=O)(=O)N1CCCC1. The minimum Gasteiger partial charge on any atom is -0.211 e. The van der Waals surface area contributed by atoms with E-state index in [-0.39, 0.29) is 0 Å². The van der Waals surface area contributed by atoms with Crippen molar-refractivity contribution in [2.24, 2.45) is 4.99 Å². The van der Waals surface area contributed by atoms with Crippen LogP contribution in [0.25, 0.3) is 0 Å². The first-order valence-corrected chi connectivity index (χ1v) is 7.40. The Labute approximate surface area is 101 Å². The van der Waals surface area contributed by atoms with E-state index in [2.05, 4.69) is 4.99 Å². The van der Waals surface area contributed by atoms with Crippen molar-refractivity contribution in [3.63, 3.8) is 0 Å². The molecule has 0 aromatic carbocycles. The van der Waals surface area contributed by atoms with E-state index in [0.717, 1.165) is 25.7 Å². The van der Waals surface area contributed by atoms with Gasteiger partial charge in [-0.3, -0.25) is 0 Å². The molecule has 2 saturated heterocycles. The van der Waals surface area contributed by atoms with Gasteiger partial charge in [-0.1, -0.05) is 0 Å². The number of hydrogen-bond donors (Lipinski definition) is 0. The summed E-state index contributed by atoms with van der Waals surface area (Å²) in [7, 11) is -3.44. The van der Waals surface area contributed by atoms with Crippen LogP contribution >= 0.6 is 0 Å². The molecular weight excluding hydrogens is 242 g/mol. The second-order valence-electron chi connectivity index (χ2n) is 4.42. The molecule has 2 aliphatic heterocycles. The maximum Gasteiger partial charge on any atom is 0.283 e. The van der Waals surface area contributed by atoms with Gasteiger partial charge in [0.05, 0.1) is 0 Å². The number of rotatable bonds is 3. The summed E-state index contributed by atoms with van der Waals surface area (Å²) >= 11 is 0. The van der Waals surface area contributed by atoms with Gasteiger partial charge in [0.2, 0.25) is 6.08 Å². The first-order chi connectivity index (χ1) is 8.16. The molecular formula is C10H17N3O3S. The van der Waals surface area contributed by atoms with E-state index in [4.69, 9.17) is 0 Å². The lowest BCUT2D eigenvalue weighted by Gasteiger charge is -2.33. The highest BCUT2D eigenvalue weighted by molar-refractivity contribution is 7.86. The van der Waals surface area contributed by atoms with Crippen LogP contribution in [0.5, 0.6) is 0 Å². The lowest BCUT2D eigenvalue weighted by Crippen LogP contribution is -2.49. The minimum atomic E-state index is -3.44. The van der Waals surface area contributed by atoms with Crippen molar-refractivity contribution in [1.82, 2.24) is 8.61 Å². The van der Waals surface area contributed by atoms with Gasteiger partial charge in [0.15, 0.2) is 0 Å². The van der Waals surface area contributed by atoms with E-state index < -0.39 is 16.4 Å². The summed E-state index contributed by atoms with van der Waals surface area (Å²) in [6, 6.07) is 0. The van der Waals surface area contributed by atoms with Crippen LogP contribution in [0.2, 0.25) is 0 Å². The maximum atomic E-state index is 12.3. The van der Waals surface area contributed by atoms with Crippen LogP contribution in [0.15, 0.2) is 4.99 Å². The minimum absolute atomic E-state index is 0.453. The molecule has 7 heteroatoms. The fraction of sp³-hybridized carbons (Fsp3) is 0.900. The maximum absolute atomic E-state index is 12.3. The smallest absolute Gasteiger partial charge is 0.211 e. The molecule has 96 valence electrons. The first-order valence-electron chi connectivity index (χ1n) is 6.00. The quantitative estimate of drug-likeness (QED) is 0.546. The normalized spacial score (nSPS) is 27.9. The van der Waals surface area contributed by atoms with Crippen LogP contribution in [0.1, 0.15) is 32.1 Å². The fourth-order valence-corrected chi connectivity index (χ4v) is 4.25. The molecule has 0 amide bonds. The molecule has 0 N–H and O–H groups in total. The molecule has 0 saturated carbocycles. The van der Waals surface area contributed by atoms with E-state index in [0.29, 0.717) is 26.1 Å². The second-order valence-corrected chi connectivity index (χ2v) is 6.30. The molecule has 17 heavy (non-hydrogen) atoms. The average molecular weight is 259 g/mol. The van der Waals surface area contributed by atoms with Gasteiger partial charge in [-0.15, -0.1) is 0 Å². The van der Waals surface area contributed by atoms with Crippen LogP contribution in [0.3, 0.4) is 0 Å². The molecule has 0 aliphatic carbocycles. The van der Waals surface area contributed by atoms with Gasteiger partial charge < -0.3 is 0 Å². The third-order valence-corrected chi connectivity index (χ3v) is 5.35. The predicted octanol–water partition coefficient (Wildman–Crippen LogP) is 0.475. The van der Waals surface area contributed by atoms with Crippen LogP contribution in [0, 0.1) is 0 Å². The molecule has 0 bridgehead atoms. The summed E-state index contributed by atoms with van der Waals surface area (Å²) in [4.78, 5) is 14.0. The summed E-state index contributed by atoms with van der Waals surface area (Å²) < 4.78 is 27.5. The van der Waals surface area contributed by atoms with Crippen molar-refractivity contribution in [2.75, 3.05) is 19.6 Å². The topological polar surface area (TPSA) is 70.0 Å². The van der Waals surface area contributed by atoms with E-state index >= 15 is 0 Å².